The first-order valence-corrected chi connectivity index (χ1v) is 5.43. The monoisotopic (exact) mass is 268 g/mol. The molecule has 1 aromatic heterocycles. The Morgan fingerprint density at radius 3 is 2.53 bits per heavy atom. The second-order valence-corrected chi connectivity index (χ2v) is 3.79. The summed E-state index contributed by atoms with van der Waals surface area (Å²) in [5.74, 6) is 0.386. The van der Waals surface area contributed by atoms with Gasteiger partial charge in [0.05, 0.1) is 12.7 Å². The van der Waals surface area contributed by atoms with Crippen LogP contribution in [0.1, 0.15) is 5.56 Å². The molecule has 0 aliphatic heterocycles. The van der Waals surface area contributed by atoms with Crippen molar-refractivity contribution in [2.75, 3.05) is 12.4 Å². The number of benzene rings is 1. The summed E-state index contributed by atoms with van der Waals surface area (Å²) in [5.41, 5.74) is 0.257. The molecule has 1 N–H and O–H groups in total. The Labute approximate surface area is 108 Å². The predicted molar refractivity (Wildman–Crippen MR) is 65.5 cm³/mol. The minimum atomic E-state index is -4.35. The van der Waals surface area contributed by atoms with Crippen molar-refractivity contribution in [2.45, 2.75) is 6.18 Å². The van der Waals surface area contributed by atoms with Crippen LogP contribution in [0.15, 0.2) is 42.6 Å². The van der Waals surface area contributed by atoms with Crippen molar-refractivity contribution in [3.8, 4) is 5.88 Å². The van der Waals surface area contributed by atoms with E-state index in [1.807, 2.05) is 0 Å². The minimum absolute atomic E-state index is 0.350. The van der Waals surface area contributed by atoms with E-state index < -0.39 is 11.7 Å². The summed E-state index contributed by atoms with van der Waals surface area (Å²) < 4.78 is 42.6. The summed E-state index contributed by atoms with van der Waals surface area (Å²) in [7, 11) is 1.47. The van der Waals surface area contributed by atoms with Crippen molar-refractivity contribution < 1.29 is 17.9 Å². The number of pyridine rings is 1. The van der Waals surface area contributed by atoms with Crippen LogP contribution in [0.5, 0.6) is 5.88 Å². The van der Waals surface area contributed by atoms with Crippen LogP contribution in [0.25, 0.3) is 0 Å². The van der Waals surface area contributed by atoms with Gasteiger partial charge in [0.2, 0.25) is 5.88 Å². The van der Waals surface area contributed by atoms with Gasteiger partial charge in [-0.25, -0.2) is 4.98 Å². The maximum atomic E-state index is 12.6. The maximum Gasteiger partial charge on any atom is 0.416 e. The lowest BCUT2D eigenvalue weighted by Crippen LogP contribution is -2.05. The number of alkyl halides is 3. The highest BCUT2D eigenvalue weighted by atomic mass is 19.4. The number of halogens is 3. The van der Waals surface area contributed by atoms with E-state index >= 15 is 0 Å². The first kappa shape index (κ1) is 13.2. The van der Waals surface area contributed by atoms with E-state index in [2.05, 4.69) is 10.3 Å². The average molecular weight is 268 g/mol. The van der Waals surface area contributed by atoms with E-state index in [4.69, 9.17) is 4.74 Å². The molecule has 0 aliphatic carbocycles. The molecule has 6 heteroatoms. The van der Waals surface area contributed by atoms with Gasteiger partial charge in [-0.1, -0.05) is 6.07 Å². The zero-order valence-electron chi connectivity index (χ0n) is 10.0. The van der Waals surface area contributed by atoms with Crippen LogP contribution in [0.3, 0.4) is 0 Å². The Morgan fingerprint density at radius 2 is 1.84 bits per heavy atom. The van der Waals surface area contributed by atoms with E-state index in [1.165, 1.54) is 19.4 Å². The largest absolute Gasteiger partial charge is 0.481 e. The van der Waals surface area contributed by atoms with Crippen LogP contribution < -0.4 is 10.1 Å². The Morgan fingerprint density at radius 1 is 1.11 bits per heavy atom. The van der Waals surface area contributed by atoms with Crippen molar-refractivity contribution in [1.82, 2.24) is 4.98 Å². The summed E-state index contributed by atoms with van der Waals surface area (Å²) in [5, 5.41) is 2.87. The summed E-state index contributed by atoms with van der Waals surface area (Å²) in [4.78, 5) is 3.91. The molecule has 2 aromatic rings. The Kier molecular flexibility index (Phi) is 3.59. The van der Waals surface area contributed by atoms with E-state index in [0.29, 0.717) is 17.3 Å². The number of ether oxygens (including phenoxy) is 1. The fourth-order valence-corrected chi connectivity index (χ4v) is 1.54. The second kappa shape index (κ2) is 5.17. The molecule has 0 saturated heterocycles. The molecule has 0 aliphatic rings. The number of hydrogen-bond acceptors (Lipinski definition) is 3. The molecule has 2 rings (SSSR count). The molecule has 0 saturated carbocycles. The van der Waals surface area contributed by atoms with Crippen LogP contribution >= 0.6 is 0 Å². The summed E-state index contributed by atoms with van der Waals surface area (Å²) in [6.07, 6.45) is -2.84. The summed E-state index contributed by atoms with van der Waals surface area (Å²) in [6, 6.07) is 8.22. The highest BCUT2D eigenvalue weighted by Crippen LogP contribution is 2.31. The predicted octanol–water partition coefficient (Wildman–Crippen LogP) is 3.85. The number of methoxy groups -OCH3 is 1. The SMILES string of the molecule is COc1cc(Nc2cccc(C(F)(F)F)c2)ccn1. The van der Waals surface area contributed by atoms with Crippen LogP contribution in [0, 0.1) is 0 Å². The first-order chi connectivity index (χ1) is 8.99. The fraction of sp³-hybridized carbons (Fsp3) is 0.154. The quantitative estimate of drug-likeness (QED) is 0.918. The topological polar surface area (TPSA) is 34.1 Å². The minimum Gasteiger partial charge on any atom is -0.481 e. The van der Waals surface area contributed by atoms with Crippen molar-refractivity contribution in [3.63, 3.8) is 0 Å². The van der Waals surface area contributed by atoms with Gasteiger partial charge in [0.15, 0.2) is 0 Å². The first-order valence-electron chi connectivity index (χ1n) is 5.43. The number of aromatic nitrogens is 1. The van der Waals surface area contributed by atoms with Crippen molar-refractivity contribution >= 4 is 11.4 Å². The second-order valence-electron chi connectivity index (χ2n) is 3.79. The lowest BCUT2D eigenvalue weighted by atomic mass is 10.2. The third-order valence-electron chi connectivity index (χ3n) is 2.42. The van der Waals surface area contributed by atoms with E-state index in [1.54, 1.807) is 18.2 Å². The smallest absolute Gasteiger partial charge is 0.416 e. The Hall–Kier alpha value is -2.24. The van der Waals surface area contributed by atoms with E-state index in [9.17, 15) is 13.2 Å². The molecule has 0 fully saturated rings. The fourth-order valence-electron chi connectivity index (χ4n) is 1.54. The molecule has 1 aromatic carbocycles. The number of nitrogens with zero attached hydrogens (tertiary/aromatic N) is 1. The molecule has 0 amide bonds. The normalized spacial score (nSPS) is 11.2. The number of nitrogens with one attached hydrogen (secondary N) is 1. The third-order valence-corrected chi connectivity index (χ3v) is 2.42. The standard InChI is InChI=1S/C13H11F3N2O/c1-19-12-8-11(5-6-17-12)18-10-4-2-3-9(7-10)13(14,15)16/h2-8H,1H3,(H,17,18). The van der Waals surface area contributed by atoms with Crippen LogP contribution in [0.2, 0.25) is 0 Å². The lowest BCUT2D eigenvalue weighted by molar-refractivity contribution is -0.137. The van der Waals surface area contributed by atoms with Gasteiger partial charge in [0.1, 0.15) is 0 Å². The number of anilines is 2. The van der Waals surface area contributed by atoms with Gasteiger partial charge in [-0.05, 0) is 24.3 Å². The third kappa shape index (κ3) is 3.37. The van der Waals surface area contributed by atoms with Crippen LogP contribution in [-0.2, 0) is 6.18 Å². The average Bonchev–Trinajstić information content (AvgIpc) is 2.38. The lowest BCUT2D eigenvalue weighted by Gasteiger charge is -2.11. The van der Waals surface area contributed by atoms with E-state index in [-0.39, 0.29) is 0 Å². The Bertz CT molecular complexity index is 570. The Balaban J connectivity index is 2.23. The highest BCUT2D eigenvalue weighted by molar-refractivity contribution is 5.61. The molecule has 100 valence electrons. The van der Waals surface area contributed by atoms with Gasteiger partial charge in [-0.15, -0.1) is 0 Å². The van der Waals surface area contributed by atoms with Gasteiger partial charge >= 0.3 is 6.18 Å². The molecule has 0 unspecified atom stereocenters. The number of hydrogen-bond donors (Lipinski definition) is 1. The van der Waals surface area contributed by atoms with Crippen molar-refractivity contribution in [3.05, 3.63) is 48.2 Å². The van der Waals surface area contributed by atoms with Gasteiger partial charge in [0.25, 0.3) is 0 Å². The number of rotatable bonds is 3. The molecule has 19 heavy (non-hydrogen) atoms. The maximum absolute atomic E-state index is 12.6. The molecular formula is C13H11F3N2O. The highest BCUT2D eigenvalue weighted by Gasteiger charge is 2.30. The van der Waals surface area contributed by atoms with Crippen molar-refractivity contribution in [2.24, 2.45) is 0 Å². The molecule has 0 atom stereocenters. The molecule has 0 bridgehead atoms. The van der Waals surface area contributed by atoms with Gasteiger partial charge in [-0.3, -0.25) is 0 Å². The van der Waals surface area contributed by atoms with Crippen molar-refractivity contribution in [1.29, 1.82) is 0 Å². The van der Waals surface area contributed by atoms with Gasteiger partial charge < -0.3 is 10.1 Å². The van der Waals surface area contributed by atoms with Gasteiger partial charge in [0, 0.05) is 23.6 Å². The molecule has 1 heterocycles. The van der Waals surface area contributed by atoms with Crippen LogP contribution in [-0.4, -0.2) is 12.1 Å². The molecule has 0 radical (unpaired) electrons. The van der Waals surface area contributed by atoms with E-state index in [0.717, 1.165) is 12.1 Å². The molecule has 3 nitrogen and oxygen atoms in total. The summed E-state index contributed by atoms with van der Waals surface area (Å²) >= 11 is 0. The zero-order chi connectivity index (χ0) is 13.9. The summed E-state index contributed by atoms with van der Waals surface area (Å²) in [6.45, 7) is 0. The molecule has 0 spiro atoms. The van der Waals surface area contributed by atoms with Crippen LogP contribution in [0.4, 0.5) is 24.5 Å². The zero-order valence-corrected chi connectivity index (χ0v) is 10.0. The molecular weight excluding hydrogens is 257 g/mol. The van der Waals surface area contributed by atoms with Gasteiger partial charge in [-0.2, -0.15) is 13.2 Å².